The van der Waals surface area contributed by atoms with Gasteiger partial charge in [0, 0.05) is 18.9 Å². The number of hydrogen-bond acceptors (Lipinski definition) is 8. The molecule has 0 radical (unpaired) electrons. The number of unbranched alkanes of at least 4 members (excludes halogenated alkanes) is 1. The van der Waals surface area contributed by atoms with Gasteiger partial charge in [0.05, 0.1) is 23.7 Å². The molecule has 2 heterocycles. The van der Waals surface area contributed by atoms with Crippen molar-refractivity contribution in [3.63, 3.8) is 0 Å². The van der Waals surface area contributed by atoms with Gasteiger partial charge in [-0.05, 0) is 56.4 Å². The van der Waals surface area contributed by atoms with E-state index in [0.717, 1.165) is 16.3 Å². The van der Waals surface area contributed by atoms with E-state index in [1.165, 1.54) is 29.1 Å². The van der Waals surface area contributed by atoms with E-state index in [1.807, 2.05) is 6.92 Å². The van der Waals surface area contributed by atoms with Gasteiger partial charge in [0.1, 0.15) is 6.04 Å². The van der Waals surface area contributed by atoms with Crippen molar-refractivity contribution in [2.75, 3.05) is 13.2 Å². The molecule has 0 unspecified atom stereocenters. The highest BCUT2D eigenvalue weighted by atomic mass is 32.2. The molecule has 0 saturated heterocycles. The fourth-order valence-corrected chi connectivity index (χ4v) is 5.63. The molecule has 2 N–H and O–H groups in total. The normalized spacial score (nSPS) is 12.6. The highest BCUT2D eigenvalue weighted by molar-refractivity contribution is 7.89. The molecule has 0 aliphatic carbocycles. The first-order valence-corrected chi connectivity index (χ1v) is 13.7. The number of hydrogen-bond donors (Lipinski definition) is 2. The van der Waals surface area contributed by atoms with Crippen LogP contribution in [0, 0.1) is 18.8 Å². The van der Waals surface area contributed by atoms with E-state index in [-0.39, 0.29) is 23.7 Å². The van der Waals surface area contributed by atoms with Gasteiger partial charge in [-0.2, -0.15) is 8.70 Å². The molecular formula is C25H33FN6O5S. The summed E-state index contributed by atoms with van der Waals surface area (Å²) in [7, 11) is -4.07. The summed E-state index contributed by atoms with van der Waals surface area (Å²) in [5.74, 6) is -1.78. The minimum absolute atomic E-state index is 0.0483. The smallest absolute Gasteiger partial charge is 0.262 e. The maximum absolute atomic E-state index is 13.5. The summed E-state index contributed by atoms with van der Waals surface area (Å²) in [5.41, 5.74) is 3.20. The Hall–Kier alpha value is -3.42. The van der Waals surface area contributed by atoms with Crippen LogP contribution in [0.15, 0.2) is 53.7 Å². The fraction of sp³-hybridized carbons (Fsp3) is 0.440. The van der Waals surface area contributed by atoms with Crippen molar-refractivity contribution in [1.29, 1.82) is 0 Å². The molecule has 13 heteroatoms. The summed E-state index contributed by atoms with van der Waals surface area (Å²) >= 11 is 0. The van der Waals surface area contributed by atoms with Crippen molar-refractivity contribution in [3.05, 3.63) is 66.0 Å². The second kappa shape index (κ2) is 13.4. The molecule has 0 bridgehead atoms. The number of benzene rings is 1. The summed E-state index contributed by atoms with van der Waals surface area (Å²) < 4.78 is 48.6. The third-order valence-electron chi connectivity index (χ3n) is 5.89. The van der Waals surface area contributed by atoms with Crippen molar-refractivity contribution in [1.82, 2.24) is 29.8 Å². The molecule has 1 atom stereocenters. The average Bonchev–Trinajstić information content (AvgIpc) is 3.34. The van der Waals surface area contributed by atoms with Crippen LogP contribution in [0.3, 0.4) is 0 Å². The molecule has 2 aromatic heterocycles. The number of aryl methyl sites for hydroxylation is 2. The Morgan fingerprint density at radius 3 is 2.61 bits per heavy atom. The molecule has 0 fully saturated rings. The van der Waals surface area contributed by atoms with E-state index in [1.54, 1.807) is 43.7 Å². The van der Waals surface area contributed by atoms with Crippen LogP contribution in [0.5, 0.6) is 5.75 Å². The Balaban J connectivity index is 1.64. The van der Waals surface area contributed by atoms with E-state index in [9.17, 15) is 22.8 Å². The molecule has 38 heavy (non-hydrogen) atoms. The van der Waals surface area contributed by atoms with Crippen LogP contribution < -0.4 is 10.2 Å². The molecule has 3 rings (SSSR count). The lowest BCUT2D eigenvalue weighted by Gasteiger charge is -2.31. The number of ether oxygens (including phenoxy) is 1. The quantitative estimate of drug-likeness (QED) is 0.136. The monoisotopic (exact) mass is 548 g/mol. The Morgan fingerprint density at radius 1 is 1.21 bits per heavy atom. The fourth-order valence-electron chi connectivity index (χ4n) is 3.92. The van der Waals surface area contributed by atoms with Crippen molar-refractivity contribution in [2.24, 2.45) is 5.92 Å². The zero-order valence-electron chi connectivity index (χ0n) is 21.6. The highest BCUT2D eigenvalue weighted by Crippen LogP contribution is 2.23. The Morgan fingerprint density at radius 2 is 1.95 bits per heavy atom. The molecule has 0 aliphatic heterocycles. The minimum atomic E-state index is -4.07. The molecule has 11 nitrogen and oxygen atoms in total. The third kappa shape index (κ3) is 7.55. The number of rotatable bonds is 14. The van der Waals surface area contributed by atoms with Crippen molar-refractivity contribution in [3.8, 4) is 5.75 Å². The number of hydroxylamine groups is 1. The molecule has 206 valence electrons. The highest BCUT2D eigenvalue weighted by Gasteiger charge is 2.37. The Kier molecular flexibility index (Phi) is 10.3. The van der Waals surface area contributed by atoms with Crippen LogP contribution in [0.1, 0.15) is 37.9 Å². The number of nitrogens with one attached hydrogen (secondary N) is 1. The van der Waals surface area contributed by atoms with Crippen molar-refractivity contribution in [2.45, 2.75) is 57.5 Å². The van der Waals surface area contributed by atoms with Gasteiger partial charge in [0.15, 0.2) is 5.75 Å². The number of amides is 1. The third-order valence-corrected chi connectivity index (χ3v) is 7.79. The van der Waals surface area contributed by atoms with Crippen LogP contribution >= 0.6 is 0 Å². The van der Waals surface area contributed by atoms with Gasteiger partial charge >= 0.3 is 0 Å². The topological polar surface area (TPSA) is 140 Å². The molecule has 0 spiro atoms. The van der Waals surface area contributed by atoms with Gasteiger partial charge in [-0.25, -0.2) is 18.9 Å². The Bertz CT molecular complexity index is 1300. The lowest BCUT2D eigenvalue weighted by molar-refractivity contribution is -0.134. The first kappa shape index (κ1) is 29.1. The van der Waals surface area contributed by atoms with E-state index in [0.29, 0.717) is 25.1 Å². The first-order valence-electron chi connectivity index (χ1n) is 12.3. The molecule has 1 aromatic carbocycles. The van der Waals surface area contributed by atoms with Gasteiger partial charge in [0.25, 0.3) is 11.9 Å². The number of nitrogens with zero attached hydrogens (tertiary/aromatic N) is 5. The zero-order valence-corrected chi connectivity index (χ0v) is 22.4. The van der Waals surface area contributed by atoms with Gasteiger partial charge in [0.2, 0.25) is 10.0 Å². The second-order valence-corrected chi connectivity index (χ2v) is 11.1. The molecule has 0 saturated carbocycles. The van der Waals surface area contributed by atoms with Crippen LogP contribution in [-0.4, -0.2) is 63.0 Å². The number of pyridine rings is 1. The summed E-state index contributed by atoms with van der Waals surface area (Å²) in [6, 6.07) is 8.33. The van der Waals surface area contributed by atoms with Gasteiger partial charge in [-0.1, -0.05) is 36.8 Å². The van der Waals surface area contributed by atoms with E-state index < -0.39 is 33.8 Å². The summed E-state index contributed by atoms with van der Waals surface area (Å²) in [6.07, 6.45) is 5.06. The van der Waals surface area contributed by atoms with E-state index in [4.69, 9.17) is 4.74 Å². The molecule has 3 aromatic rings. The predicted molar refractivity (Wildman–Crippen MR) is 136 cm³/mol. The van der Waals surface area contributed by atoms with Gasteiger partial charge in [-0.3, -0.25) is 14.7 Å². The summed E-state index contributed by atoms with van der Waals surface area (Å²) in [4.78, 5) is 16.1. The zero-order chi connectivity index (χ0) is 27.7. The largest absolute Gasteiger partial charge is 0.489 e. The lowest BCUT2D eigenvalue weighted by Crippen LogP contribution is -2.52. The van der Waals surface area contributed by atoms with E-state index in [2.05, 4.69) is 15.3 Å². The number of carbonyl (C=O) groups excluding carboxylic acids is 1. The van der Waals surface area contributed by atoms with Crippen molar-refractivity contribution < 1.29 is 27.5 Å². The van der Waals surface area contributed by atoms with Crippen LogP contribution in [-0.2, 0) is 27.8 Å². The van der Waals surface area contributed by atoms with Crippen molar-refractivity contribution >= 4 is 15.9 Å². The van der Waals surface area contributed by atoms with Gasteiger partial charge in [-0.15, -0.1) is 5.10 Å². The van der Waals surface area contributed by atoms with Gasteiger partial charge < -0.3 is 4.74 Å². The lowest BCUT2D eigenvalue weighted by atomic mass is 10.0. The Labute approximate surface area is 221 Å². The van der Waals surface area contributed by atoms with E-state index >= 15 is 0 Å². The number of carbonyl (C=O) groups is 1. The number of aromatic nitrogens is 4. The standard InChI is InChI=1S/C25H33FN6O5S/c1-18(2)23(25(33)29-34)32(38(35,36)21-11-9-19(3)10-12-21)15-14-31-17-20(28-30-31)7-4-5-16-37-22-8-6-13-27-24(22)26/h6,8-13,17-18,23,34H,4-5,7,14-16H2,1-3H3,(H,29,33)/t23-/m1/s1. The average molecular weight is 549 g/mol. The molecular weight excluding hydrogens is 515 g/mol. The SMILES string of the molecule is Cc1ccc(S(=O)(=O)N(CCn2cc(CCCCOc3cccnc3F)nn2)[C@@H](C(=O)NO)C(C)C)cc1. The second-order valence-electron chi connectivity index (χ2n) is 9.16. The minimum Gasteiger partial charge on any atom is -0.489 e. The first-order chi connectivity index (χ1) is 18.1. The predicted octanol–water partition coefficient (Wildman–Crippen LogP) is 2.74. The number of sulfonamides is 1. The summed E-state index contributed by atoms with van der Waals surface area (Å²) in [5, 5.41) is 17.5. The van der Waals surface area contributed by atoms with Crippen LogP contribution in [0.4, 0.5) is 4.39 Å². The maximum Gasteiger partial charge on any atom is 0.262 e. The molecule has 0 aliphatic rings. The molecule has 1 amide bonds. The maximum atomic E-state index is 13.5. The number of halogens is 1. The van der Waals surface area contributed by atoms with Crippen LogP contribution in [0.2, 0.25) is 0 Å². The van der Waals surface area contributed by atoms with Crippen LogP contribution in [0.25, 0.3) is 0 Å². The summed E-state index contributed by atoms with van der Waals surface area (Å²) in [6.45, 7) is 5.66.